The largest absolute Gasteiger partial charge is 0.451 e. The van der Waals surface area contributed by atoms with E-state index in [1.54, 1.807) is 20.8 Å². The molecule has 3 amide bonds. The zero-order valence-corrected chi connectivity index (χ0v) is 15.9. The molecule has 0 radical (unpaired) electrons. The maximum absolute atomic E-state index is 12.2. The Morgan fingerprint density at radius 1 is 1.12 bits per heavy atom. The lowest BCUT2D eigenvalue weighted by molar-refractivity contribution is -0.123. The number of thiophene rings is 1. The molecule has 1 aliphatic rings. The fourth-order valence-electron chi connectivity index (χ4n) is 2.68. The number of rotatable bonds is 3. The molecule has 1 aromatic heterocycles. The van der Waals surface area contributed by atoms with Gasteiger partial charge in [-0.15, -0.1) is 11.3 Å². The van der Waals surface area contributed by atoms with Crippen molar-refractivity contribution in [2.75, 3.05) is 6.61 Å². The SMILES string of the molecule is CC(C)(C)NC(=O)NC(=O)COC(=O)c1cc2c(s1)CCCCCC2. The van der Waals surface area contributed by atoms with Crippen LogP contribution in [0.25, 0.3) is 0 Å². The standard InChI is InChI=1S/C18H26N2O4S/c1-18(2,3)20-17(23)19-15(21)11-24-16(22)14-10-12-8-6-4-5-7-9-13(12)25-14/h10H,4-9,11H2,1-3H3,(H2,19,20,21,23). The summed E-state index contributed by atoms with van der Waals surface area (Å²) in [5, 5.41) is 4.75. The summed E-state index contributed by atoms with van der Waals surface area (Å²) in [6.45, 7) is 4.94. The van der Waals surface area contributed by atoms with Crippen molar-refractivity contribution in [3.63, 3.8) is 0 Å². The Bertz CT molecular complexity index is 620. The molecule has 0 aromatic carbocycles. The van der Waals surface area contributed by atoms with Crippen molar-refractivity contribution in [1.29, 1.82) is 0 Å². The van der Waals surface area contributed by atoms with Gasteiger partial charge in [-0.1, -0.05) is 12.8 Å². The Kier molecular flexibility index (Phi) is 6.58. The van der Waals surface area contributed by atoms with E-state index >= 15 is 0 Å². The number of carbonyl (C=O) groups is 3. The van der Waals surface area contributed by atoms with Crippen molar-refractivity contribution in [2.24, 2.45) is 0 Å². The third kappa shape index (κ3) is 6.49. The molecule has 2 rings (SSSR count). The van der Waals surface area contributed by atoms with Crippen LogP contribution in [0.3, 0.4) is 0 Å². The van der Waals surface area contributed by atoms with E-state index in [0.29, 0.717) is 4.88 Å². The fourth-order valence-corrected chi connectivity index (χ4v) is 3.83. The third-order valence-electron chi connectivity index (χ3n) is 3.77. The lowest BCUT2D eigenvalue weighted by Gasteiger charge is -2.20. The molecule has 0 saturated heterocycles. The highest BCUT2D eigenvalue weighted by atomic mass is 32.1. The number of aryl methyl sites for hydroxylation is 2. The lowest BCUT2D eigenvalue weighted by Crippen LogP contribution is -2.49. The van der Waals surface area contributed by atoms with Gasteiger partial charge in [0.25, 0.3) is 5.91 Å². The zero-order valence-electron chi connectivity index (χ0n) is 15.1. The van der Waals surface area contributed by atoms with Crippen LogP contribution in [0.4, 0.5) is 4.79 Å². The highest BCUT2D eigenvalue weighted by molar-refractivity contribution is 7.14. The van der Waals surface area contributed by atoms with Crippen LogP contribution in [0.2, 0.25) is 0 Å². The first-order chi connectivity index (χ1) is 11.7. The van der Waals surface area contributed by atoms with Crippen molar-refractivity contribution in [1.82, 2.24) is 10.6 Å². The van der Waals surface area contributed by atoms with Gasteiger partial charge in [0.05, 0.1) is 0 Å². The van der Waals surface area contributed by atoms with Gasteiger partial charge in [-0.2, -0.15) is 0 Å². The fraction of sp³-hybridized carbons (Fsp3) is 0.611. The van der Waals surface area contributed by atoms with E-state index in [0.717, 1.165) is 25.7 Å². The molecule has 25 heavy (non-hydrogen) atoms. The summed E-state index contributed by atoms with van der Waals surface area (Å²) < 4.78 is 5.04. The molecule has 0 bridgehead atoms. The van der Waals surface area contributed by atoms with Gasteiger partial charge in [0.2, 0.25) is 0 Å². The Morgan fingerprint density at radius 2 is 1.80 bits per heavy atom. The van der Waals surface area contributed by atoms with Crippen LogP contribution in [-0.4, -0.2) is 30.1 Å². The van der Waals surface area contributed by atoms with Gasteiger partial charge in [-0.3, -0.25) is 10.1 Å². The molecular weight excluding hydrogens is 340 g/mol. The number of hydrogen-bond donors (Lipinski definition) is 2. The normalized spacial score (nSPS) is 14.7. The van der Waals surface area contributed by atoms with Crippen molar-refractivity contribution < 1.29 is 19.1 Å². The average Bonchev–Trinajstić information content (AvgIpc) is 2.85. The minimum absolute atomic E-state index is 0.450. The van der Waals surface area contributed by atoms with Crippen LogP contribution >= 0.6 is 11.3 Å². The van der Waals surface area contributed by atoms with Crippen LogP contribution in [0.15, 0.2) is 6.07 Å². The molecular formula is C18H26N2O4S. The summed E-state index contributed by atoms with van der Waals surface area (Å²) in [7, 11) is 0. The van der Waals surface area contributed by atoms with Gasteiger partial charge < -0.3 is 10.1 Å². The molecule has 0 saturated carbocycles. The Labute approximate surface area is 152 Å². The number of esters is 1. The molecule has 0 atom stereocenters. The summed E-state index contributed by atoms with van der Waals surface area (Å²) in [6.07, 6.45) is 6.74. The van der Waals surface area contributed by atoms with E-state index in [2.05, 4.69) is 10.6 Å². The predicted octanol–water partition coefficient (Wildman–Crippen LogP) is 3.19. The summed E-state index contributed by atoms with van der Waals surface area (Å²) >= 11 is 1.45. The van der Waals surface area contributed by atoms with Crippen LogP contribution < -0.4 is 10.6 Å². The first-order valence-electron chi connectivity index (χ1n) is 8.65. The number of ether oxygens (including phenoxy) is 1. The topological polar surface area (TPSA) is 84.5 Å². The maximum Gasteiger partial charge on any atom is 0.348 e. The van der Waals surface area contributed by atoms with E-state index in [1.165, 1.54) is 34.6 Å². The quantitative estimate of drug-likeness (QED) is 0.805. The third-order valence-corrected chi connectivity index (χ3v) is 4.99. The van der Waals surface area contributed by atoms with E-state index in [9.17, 15) is 14.4 Å². The number of amides is 3. The van der Waals surface area contributed by atoms with Crippen molar-refractivity contribution >= 4 is 29.2 Å². The van der Waals surface area contributed by atoms with E-state index in [1.807, 2.05) is 6.07 Å². The molecule has 0 unspecified atom stereocenters. The molecule has 0 spiro atoms. The summed E-state index contributed by atoms with van der Waals surface area (Å²) in [5.41, 5.74) is 0.778. The predicted molar refractivity (Wildman–Crippen MR) is 96.9 cm³/mol. The molecule has 1 aromatic rings. The van der Waals surface area contributed by atoms with Gasteiger partial charge >= 0.3 is 12.0 Å². The van der Waals surface area contributed by atoms with Gasteiger partial charge in [-0.25, -0.2) is 9.59 Å². The number of carbonyl (C=O) groups excluding carboxylic acids is 3. The van der Waals surface area contributed by atoms with Crippen LogP contribution in [-0.2, 0) is 22.4 Å². The molecule has 7 heteroatoms. The van der Waals surface area contributed by atoms with E-state index in [4.69, 9.17) is 4.74 Å². The lowest BCUT2D eigenvalue weighted by atomic mass is 10.00. The van der Waals surface area contributed by atoms with Crippen molar-refractivity contribution in [3.8, 4) is 0 Å². The number of urea groups is 1. The second kappa shape index (κ2) is 8.47. The minimum atomic E-state index is -0.648. The van der Waals surface area contributed by atoms with E-state index in [-0.39, 0.29) is 0 Å². The number of imide groups is 1. The maximum atomic E-state index is 12.2. The first kappa shape index (κ1) is 19.4. The van der Waals surface area contributed by atoms with Gasteiger partial charge in [0, 0.05) is 10.4 Å². The number of nitrogens with one attached hydrogen (secondary N) is 2. The zero-order chi connectivity index (χ0) is 18.4. The van der Waals surface area contributed by atoms with Gasteiger partial charge in [0.1, 0.15) is 4.88 Å². The summed E-state index contributed by atoms with van der Waals surface area (Å²) in [4.78, 5) is 37.3. The summed E-state index contributed by atoms with van der Waals surface area (Å²) in [6, 6.07) is 1.28. The molecule has 0 fully saturated rings. The minimum Gasteiger partial charge on any atom is -0.451 e. The average molecular weight is 366 g/mol. The van der Waals surface area contributed by atoms with Crippen LogP contribution in [0.1, 0.15) is 66.6 Å². The highest BCUT2D eigenvalue weighted by Crippen LogP contribution is 2.28. The van der Waals surface area contributed by atoms with Crippen LogP contribution in [0, 0.1) is 0 Å². The number of fused-ring (bicyclic) bond motifs is 1. The molecule has 2 N–H and O–H groups in total. The molecule has 1 aliphatic carbocycles. The molecule has 138 valence electrons. The second-order valence-corrected chi connectivity index (χ2v) is 8.44. The van der Waals surface area contributed by atoms with E-state index < -0.39 is 30.1 Å². The first-order valence-corrected chi connectivity index (χ1v) is 9.47. The molecule has 0 aliphatic heterocycles. The Balaban J connectivity index is 1.85. The smallest absolute Gasteiger partial charge is 0.348 e. The monoisotopic (exact) mass is 366 g/mol. The highest BCUT2D eigenvalue weighted by Gasteiger charge is 2.19. The van der Waals surface area contributed by atoms with Crippen molar-refractivity contribution in [2.45, 2.75) is 64.8 Å². The molecule has 1 heterocycles. The number of hydrogen-bond acceptors (Lipinski definition) is 5. The van der Waals surface area contributed by atoms with Gasteiger partial charge in [0.15, 0.2) is 6.61 Å². The van der Waals surface area contributed by atoms with Crippen molar-refractivity contribution in [3.05, 3.63) is 21.4 Å². The summed E-state index contributed by atoms with van der Waals surface area (Å²) in [5.74, 6) is -1.16. The Morgan fingerprint density at radius 3 is 2.48 bits per heavy atom. The van der Waals surface area contributed by atoms with Gasteiger partial charge in [-0.05, 0) is 58.1 Å². The molecule has 6 nitrogen and oxygen atoms in total. The second-order valence-electron chi connectivity index (χ2n) is 7.30. The Hall–Kier alpha value is -1.89. The van der Waals surface area contributed by atoms with Crippen LogP contribution in [0.5, 0.6) is 0 Å².